The van der Waals surface area contributed by atoms with E-state index in [0.29, 0.717) is 11.5 Å². The maximum absolute atomic E-state index is 11.2. The summed E-state index contributed by atoms with van der Waals surface area (Å²) in [6.07, 6.45) is 1.35. The van der Waals surface area contributed by atoms with Crippen molar-refractivity contribution in [2.45, 2.75) is 13.5 Å². The van der Waals surface area contributed by atoms with Crippen LogP contribution in [0.15, 0.2) is 64.6 Å². The molecule has 0 atom stereocenters. The number of hydrogen-bond donors (Lipinski definition) is 1. The molecule has 0 aliphatic heterocycles. The molecule has 4 rings (SSSR count). The van der Waals surface area contributed by atoms with Gasteiger partial charge in [-0.3, -0.25) is 4.79 Å². The van der Waals surface area contributed by atoms with Crippen molar-refractivity contribution in [1.82, 2.24) is 4.57 Å². The van der Waals surface area contributed by atoms with E-state index in [1.54, 1.807) is 12.1 Å². The van der Waals surface area contributed by atoms with E-state index in [0.717, 1.165) is 17.5 Å². The van der Waals surface area contributed by atoms with E-state index in [9.17, 15) is 4.79 Å². The molecule has 0 aliphatic carbocycles. The summed E-state index contributed by atoms with van der Waals surface area (Å²) >= 11 is 0. The van der Waals surface area contributed by atoms with Crippen molar-refractivity contribution >= 4 is 33.8 Å². The molecule has 0 saturated carbocycles. The van der Waals surface area contributed by atoms with Crippen LogP contribution in [0.25, 0.3) is 39.2 Å². The van der Waals surface area contributed by atoms with Gasteiger partial charge in [0.25, 0.3) is 5.91 Å². The average Bonchev–Trinajstić information content (AvgIpc) is 3.27. The molecule has 0 bridgehead atoms. The number of nitrogens with two attached hydrogens (primary N) is 1. The van der Waals surface area contributed by atoms with Crippen LogP contribution in [0.4, 0.5) is 0 Å². The lowest BCUT2D eigenvalue weighted by Crippen LogP contribution is -2.12. The average molecular weight is 355 g/mol. The van der Waals surface area contributed by atoms with Gasteiger partial charge in [0.2, 0.25) is 0 Å². The lowest BCUT2D eigenvalue weighted by atomic mass is 10.1. The highest BCUT2D eigenvalue weighted by Gasteiger charge is 2.12. The Morgan fingerprint density at radius 1 is 1.15 bits per heavy atom. The quantitative estimate of drug-likeness (QED) is 0.433. The molecule has 5 heteroatoms. The number of aromatic nitrogens is 1. The normalized spacial score (nSPS) is 11.8. The van der Waals surface area contributed by atoms with Gasteiger partial charge < -0.3 is 14.7 Å². The van der Waals surface area contributed by atoms with Gasteiger partial charge in [0.15, 0.2) is 0 Å². The fourth-order valence-electron chi connectivity index (χ4n) is 3.43. The minimum absolute atomic E-state index is 0.141. The van der Waals surface area contributed by atoms with Gasteiger partial charge in [-0.1, -0.05) is 18.2 Å². The molecule has 0 fully saturated rings. The highest BCUT2D eigenvalue weighted by atomic mass is 16.3. The van der Waals surface area contributed by atoms with Crippen LogP contribution >= 0.6 is 0 Å². The standard InChI is InChI=1S/C22H17N3O2/c1-2-25-19-6-4-3-5-17(19)18-12-14(7-9-20(18)25)21-10-8-16(27-21)11-15(13-23)22(24)26/h3-12H,2H2,1H3,(H2,24,26)/b15-11+. The lowest BCUT2D eigenvalue weighted by molar-refractivity contribution is -0.114. The number of benzene rings is 2. The smallest absolute Gasteiger partial charge is 0.259 e. The number of furan rings is 1. The fourth-order valence-corrected chi connectivity index (χ4v) is 3.43. The Bertz CT molecular complexity index is 1250. The minimum atomic E-state index is -0.774. The first-order valence-electron chi connectivity index (χ1n) is 8.65. The third kappa shape index (κ3) is 2.77. The SMILES string of the molecule is CCn1c2ccccc2c2cc(-c3ccc(/C=C(\C#N)C(N)=O)o3)ccc21. The maximum atomic E-state index is 11.2. The van der Waals surface area contributed by atoms with Gasteiger partial charge in [0.05, 0.1) is 0 Å². The van der Waals surface area contributed by atoms with Crippen LogP contribution in [0.1, 0.15) is 12.7 Å². The second-order valence-electron chi connectivity index (χ2n) is 6.23. The third-order valence-corrected chi connectivity index (χ3v) is 4.67. The van der Waals surface area contributed by atoms with Gasteiger partial charge in [-0.2, -0.15) is 5.26 Å². The summed E-state index contributed by atoms with van der Waals surface area (Å²) in [6, 6.07) is 19.9. The zero-order valence-electron chi connectivity index (χ0n) is 14.8. The van der Waals surface area contributed by atoms with Gasteiger partial charge in [0.1, 0.15) is 23.2 Å². The van der Waals surface area contributed by atoms with Gasteiger partial charge in [-0.15, -0.1) is 0 Å². The third-order valence-electron chi connectivity index (χ3n) is 4.67. The summed E-state index contributed by atoms with van der Waals surface area (Å²) in [5, 5.41) is 11.3. The van der Waals surface area contributed by atoms with Crippen molar-refractivity contribution in [3.63, 3.8) is 0 Å². The zero-order chi connectivity index (χ0) is 19.0. The summed E-state index contributed by atoms with van der Waals surface area (Å²) < 4.78 is 8.09. The summed E-state index contributed by atoms with van der Waals surface area (Å²) in [5.74, 6) is 0.305. The van der Waals surface area contributed by atoms with E-state index in [1.165, 1.54) is 22.5 Å². The number of amides is 1. The summed E-state index contributed by atoms with van der Waals surface area (Å²) in [5.41, 5.74) is 8.34. The predicted octanol–water partition coefficient (Wildman–Crippen LogP) is 4.47. The largest absolute Gasteiger partial charge is 0.457 e. The van der Waals surface area contributed by atoms with Crippen molar-refractivity contribution in [3.05, 3.63) is 65.9 Å². The molecular weight excluding hydrogens is 338 g/mol. The van der Waals surface area contributed by atoms with Crippen LogP contribution in [0.3, 0.4) is 0 Å². The number of carbonyl (C=O) groups is 1. The van der Waals surface area contributed by atoms with Gasteiger partial charge in [-0.25, -0.2) is 0 Å². The zero-order valence-corrected chi connectivity index (χ0v) is 14.8. The molecule has 4 aromatic rings. The molecule has 2 aromatic heterocycles. The van der Waals surface area contributed by atoms with E-state index >= 15 is 0 Å². The number of para-hydroxylation sites is 1. The molecule has 0 aliphatic rings. The Labute approximate surface area is 155 Å². The number of carbonyl (C=O) groups excluding carboxylic acids is 1. The second-order valence-corrected chi connectivity index (χ2v) is 6.23. The molecule has 5 nitrogen and oxygen atoms in total. The summed E-state index contributed by atoms with van der Waals surface area (Å²) in [4.78, 5) is 11.2. The first-order chi connectivity index (χ1) is 13.1. The molecular formula is C22H17N3O2. The monoisotopic (exact) mass is 355 g/mol. The number of nitrogens with zero attached hydrogens (tertiary/aromatic N) is 2. The van der Waals surface area contributed by atoms with E-state index in [1.807, 2.05) is 24.3 Å². The molecule has 1 amide bonds. The molecule has 0 saturated heterocycles. The molecule has 2 aromatic carbocycles. The Morgan fingerprint density at radius 2 is 1.93 bits per heavy atom. The van der Waals surface area contributed by atoms with Gasteiger partial charge >= 0.3 is 0 Å². The number of rotatable bonds is 4. The van der Waals surface area contributed by atoms with Crippen molar-refractivity contribution in [2.24, 2.45) is 5.73 Å². The number of hydrogen-bond acceptors (Lipinski definition) is 3. The maximum Gasteiger partial charge on any atom is 0.259 e. The Morgan fingerprint density at radius 3 is 2.67 bits per heavy atom. The lowest BCUT2D eigenvalue weighted by Gasteiger charge is -2.03. The van der Waals surface area contributed by atoms with Crippen molar-refractivity contribution in [2.75, 3.05) is 0 Å². The highest BCUT2D eigenvalue weighted by Crippen LogP contribution is 2.33. The molecule has 27 heavy (non-hydrogen) atoms. The number of primary amides is 1. The fraction of sp³-hybridized carbons (Fsp3) is 0.0909. The summed E-state index contributed by atoms with van der Waals surface area (Å²) in [6.45, 7) is 3.03. The number of nitriles is 1. The van der Waals surface area contributed by atoms with Crippen molar-refractivity contribution in [1.29, 1.82) is 5.26 Å². The van der Waals surface area contributed by atoms with Crippen LogP contribution in [-0.2, 0) is 11.3 Å². The van der Waals surface area contributed by atoms with Gasteiger partial charge in [0, 0.05) is 40.0 Å². The van der Waals surface area contributed by atoms with Crippen LogP contribution in [-0.4, -0.2) is 10.5 Å². The molecule has 0 unspecified atom stereocenters. The molecule has 2 N–H and O–H groups in total. The topological polar surface area (TPSA) is 85.0 Å². The Hall–Kier alpha value is -3.78. The minimum Gasteiger partial charge on any atom is -0.457 e. The van der Waals surface area contributed by atoms with E-state index < -0.39 is 5.91 Å². The molecule has 2 heterocycles. The van der Waals surface area contributed by atoms with Crippen molar-refractivity contribution < 1.29 is 9.21 Å². The Balaban J connectivity index is 1.83. The molecule has 0 spiro atoms. The van der Waals surface area contributed by atoms with E-state index in [-0.39, 0.29) is 5.57 Å². The van der Waals surface area contributed by atoms with Crippen LogP contribution < -0.4 is 5.73 Å². The summed E-state index contributed by atoms with van der Waals surface area (Å²) in [7, 11) is 0. The Kier molecular flexibility index (Phi) is 4.02. The number of fused-ring (bicyclic) bond motifs is 3. The number of aryl methyl sites for hydroxylation is 1. The van der Waals surface area contributed by atoms with Gasteiger partial charge in [-0.05, 0) is 43.3 Å². The van der Waals surface area contributed by atoms with Crippen molar-refractivity contribution in [3.8, 4) is 17.4 Å². The molecule has 0 radical (unpaired) electrons. The first-order valence-corrected chi connectivity index (χ1v) is 8.65. The van der Waals surface area contributed by atoms with E-state index in [2.05, 4.69) is 35.8 Å². The predicted molar refractivity (Wildman–Crippen MR) is 106 cm³/mol. The first kappa shape index (κ1) is 16.7. The highest BCUT2D eigenvalue weighted by molar-refractivity contribution is 6.09. The van der Waals surface area contributed by atoms with E-state index in [4.69, 9.17) is 15.4 Å². The molecule has 132 valence electrons. The van der Waals surface area contributed by atoms with Crippen LogP contribution in [0.2, 0.25) is 0 Å². The second kappa shape index (κ2) is 6.50. The van der Waals surface area contributed by atoms with Crippen LogP contribution in [0, 0.1) is 11.3 Å². The van der Waals surface area contributed by atoms with Crippen LogP contribution in [0.5, 0.6) is 0 Å².